The molecule has 0 saturated heterocycles. The van der Waals surface area contributed by atoms with Crippen LogP contribution in [0.4, 0.5) is 0 Å². The van der Waals surface area contributed by atoms with E-state index < -0.39 is 0 Å². The molecule has 1 unspecified atom stereocenters. The van der Waals surface area contributed by atoms with Crippen LogP contribution in [-0.4, -0.2) is 16.8 Å². The number of aromatic nitrogens is 1. The SMILES string of the molecule is CCC(N)CSCc1nc(C)cs1. The van der Waals surface area contributed by atoms with Gasteiger partial charge in [0.2, 0.25) is 0 Å². The molecule has 0 fully saturated rings. The number of thioether (sulfide) groups is 1. The number of thiazole rings is 1. The quantitative estimate of drug-likeness (QED) is 0.821. The summed E-state index contributed by atoms with van der Waals surface area (Å²) in [5, 5.41) is 3.31. The first kappa shape index (κ1) is 11.0. The van der Waals surface area contributed by atoms with Crippen molar-refractivity contribution in [3.05, 3.63) is 16.1 Å². The Hall–Kier alpha value is -0.0600. The monoisotopic (exact) mass is 216 g/mol. The summed E-state index contributed by atoms with van der Waals surface area (Å²) < 4.78 is 0. The van der Waals surface area contributed by atoms with Gasteiger partial charge in [-0.1, -0.05) is 6.92 Å². The van der Waals surface area contributed by atoms with Crippen molar-refractivity contribution in [3.8, 4) is 0 Å². The summed E-state index contributed by atoms with van der Waals surface area (Å²) in [7, 11) is 0. The second-order valence-corrected chi connectivity index (χ2v) is 5.04. The van der Waals surface area contributed by atoms with E-state index in [1.807, 2.05) is 18.7 Å². The van der Waals surface area contributed by atoms with Crippen LogP contribution in [0.3, 0.4) is 0 Å². The van der Waals surface area contributed by atoms with Crippen LogP contribution in [0.15, 0.2) is 5.38 Å². The van der Waals surface area contributed by atoms with Crippen molar-refractivity contribution in [3.63, 3.8) is 0 Å². The second kappa shape index (κ2) is 5.62. The van der Waals surface area contributed by atoms with Crippen LogP contribution in [-0.2, 0) is 5.75 Å². The van der Waals surface area contributed by atoms with E-state index in [1.165, 1.54) is 5.01 Å². The van der Waals surface area contributed by atoms with Crippen LogP contribution in [0.25, 0.3) is 0 Å². The first-order valence-corrected chi connectivity index (χ1v) is 6.50. The summed E-state index contributed by atoms with van der Waals surface area (Å²) in [6.45, 7) is 4.15. The van der Waals surface area contributed by atoms with Gasteiger partial charge in [0.15, 0.2) is 0 Å². The van der Waals surface area contributed by atoms with E-state index in [9.17, 15) is 0 Å². The third kappa shape index (κ3) is 4.11. The van der Waals surface area contributed by atoms with Gasteiger partial charge in [-0.15, -0.1) is 11.3 Å². The van der Waals surface area contributed by atoms with Crippen molar-refractivity contribution in [1.29, 1.82) is 0 Å². The third-order valence-electron chi connectivity index (χ3n) is 1.75. The van der Waals surface area contributed by atoms with Crippen LogP contribution in [0.2, 0.25) is 0 Å². The van der Waals surface area contributed by atoms with Gasteiger partial charge in [-0.2, -0.15) is 11.8 Å². The number of nitrogens with zero attached hydrogens (tertiary/aromatic N) is 1. The van der Waals surface area contributed by atoms with E-state index in [4.69, 9.17) is 5.73 Å². The molecule has 2 N–H and O–H groups in total. The van der Waals surface area contributed by atoms with Crippen LogP contribution >= 0.6 is 23.1 Å². The Morgan fingerprint density at radius 2 is 2.46 bits per heavy atom. The van der Waals surface area contributed by atoms with E-state index in [2.05, 4.69) is 17.3 Å². The molecule has 1 aromatic rings. The van der Waals surface area contributed by atoms with Crippen LogP contribution in [0.1, 0.15) is 24.0 Å². The number of rotatable bonds is 5. The predicted molar refractivity (Wildman–Crippen MR) is 61.3 cm³/mol. The number of hydrogen-bond acceptors (Lipinski definition) is 4. The van der Waals surface area contributed by atoms with Gasteiger partial charge in [0, 0.05) is 28.6 Å². The van der Waals surface area contributed by atoms with Gasteiger partial charge in [-0.3, -0.25) is 0 Å². The lowest BCUT2D eigenvalue weighted by molar-refractivity contribution is 0.725. The molecule has 2 nitrogen and oxygen atoms in total. The zero-order chi connectivity index (χ0) is 9.68. The smallest absolute Gasteiger partial charge is 0.103 e. The molecule has 13 heavy (non-hydrogen) atoms. The maximum Gasteiger partial charge on any atom is 0.103 e. The minimum atomic E-state index is 0.339. The van der Waals surface area contributed by atoms with E-state index in [-0.39, 0.29) is 0 Å². The summed E-state index contributed by atoms with van der Waals surface area (Å²) in [5.74, 6) is 2.04. The topological polar surface area (TPSA) is 38.9 Å². The van der Waals surface area contributed by atoms with Crippen LogP contribution in [0, 0.1) is 6.92 Å². The van der Waals surface area contributed by atoms with Gasteiger partial charge < -0.3 is 5.73 Å². The maximum atomic E-state index is 5.80. The lowest BCUT2D eigenvalue weighted by Crippen LogP contribution is -2.21. The van der Waals surface area contributed by atoms with E-state index in [0.29, 0.717) is 6.04 Å². The van der Waals surface area contributed by atoms with E-state index >= 15 is 0 Å². The third-order valence-corrected chi connectivity index (χ3v) is 4.04. The maximum absolute atomic E-state index is 5.80. The fourth-order valence-electron chi connectivity index (χ4n) is 0.884. The Kier molecular flexibility index (Phi) is 4.77. The Labute approximate surface area is 87.9 Å². The molecule has 1 rings (SSSR count). The average Bonchev–Trinajstić information content (AvgIpc) is 2.51. The molecule has 1 atom stereocenters. The van der Waals surface area contributed by atoms with Gasteiger partial charge >= 0.3 is 0 Å². The summed E-state index contributed by atoms with van der Waals surface area (Å²) in [6, 6.07) is 0.339. The molecule has 0 aliphatic carbocycles. The molecule has 0 spiro atoms. The van der Waals surface area contributed by atoms with Gasteiger partial charge in [-0.05, 0) is 13.3 Å². The zero-order valence-electron chi connectivity index (χ0n) is 8.12. The molecular weight excluding hydrogens is 200 g/mol. The van der Waals surface area contributed by atoms with E-state index in [1.54, 1.807) is 11.3 Å². The Balaban J connectivity index is 2.20. The molecule has 1 heterocycles. The number of aryl methyl sites for hydroxylation is 1. The van der Waals surface area contributed by atoms with Gasteiger partial charge in [-0.25, -0.2) is 4.98 Å². The largest absolute Gasteiger partial charge is 0.327 e. The molecule has 0 aliphatic rings. The fourth-order valence-corrected chi connectivity index (χ4v) is 2.86. The lowest BCUT2D eigenvalue weighted by Gasteiger charge is -2.06. The summed E-state index contributed by atoms with van der Waals surface area (Å²) in [5.41, 5.74) is 6.93. The predicted octanol–water partition coefficient (Wildman–Crippen LogP) is 2.42. The van der Waals surface area contributed by atoms with Gasteiger partial charge in [0.05, 0.1) is 0 Å². The van der Waals surface area contributed by atoms with Gasteiger partial charge in [0.1, 0.15) is 5.01 Å². The van der Waals surface area contributed by atoms with Crippen LogP contribution < -0.4 is 5.73 Å². The highest BCUT2D eigenvalue weighted by Gasteiger charge is 2.01. The fraction of sp³-hybridized carbons (Fsp3) is 0.667. The zero-order valence-corrected chi connectivity index (χ0v) is 9.75. The Morgan fingerprint density at radius 1 is 1.69 bits per heavy atom. The summed E-state index contributed by atoms with van der Waals surface area (Å²) in [6.07, 6.45) is 1.06. The molecule has 0 aliphatic heterocycles. The van der Waals surface area contributed by atoms with Crippen LogP contribution in [0.5, 0.6) is 0 Å². The lowest BCUT2D eigenvalue weighted by atomic mass is 10.3. The molecule has 0 bridgehead atoms. The van der Waals surface area contributed by atoms with Crippen molar-refractivity contribution in [2.45, 2.75) is 32.1 Å². The highest BCUT2D eigenvalue weighted by atomic mass is 32.2. The first-order chi connectivity index (χ1) is 6.22. The second-order valence-electron chi connectivity index (χ2n) is 3.07. The highest BCUT2D eigenvalue weighted by Crippen LogP contribution is 2.17. The average molecular weight is 216 g/mol. The molecule has 0 amide bonds. The molecule has 0 aromatic carbocycles. The standard InChI is InChI=1S/C9H16N2S2/c1-3-8(10)5-12-6-9-11-7(2)4-13-9/h4,8H,3,5-6,10H2,1-2H3. The normalized spacial score (nSPS) is 13.2. The first-order valence-electron chi connectivity index (χ1n) is 4.46. The molecule has 74 valence electrons. The van der Waals surface area contributed by atoms with Crippen molar-refractivity contribution in [2.24, 2.45) is 5.73 Å². The minimum absolute atomic E-state index is 0.339. The molecule has 0 radical (unpaired) electrons. The van der Waals surface area contributed by atoms with E-state index in [0.717, 1.165) is 23.6 Å². The Morgan fingerprint density at radius 3 is 3.00 bits per heavy atom. The van der Waals surface area contributed by atoms with Crippen molar-refractivity contribution in [1.82, 2.24) is 4.98 Å². The highest BCUT2D eigenvalue weighted by molar-refractivity contribution is 7.98. The number of nitrogens with two attached hydrogens (primary N) is 1. The summed E-state index contributed by atoms with van der Waals surface area (Å²) in [4.78, 5) is 4.39. The molecule has 0 saturated carbocycles. The van der Waals surface area contributed by atoms with Crippen molar-refractivity contribution < 1.29 is 0 Å². The Bertz CT molecular complexity index is 248. The van der Waals surface area contributed by atoms with Crippen molar-refractivity contribution in [2.75, 3.05) is 5.75 Å². The number of hydrogen-bond donors (Lipinski definition) is 1. The van der Waals surface area contributed by atoms with Crippen molar-refractivity contribution >= 4 is 23.1 Å². The minimum Gasteiger partial charge on any atom is -0.327 e. The molecule has 1 aromatic heterocycles. The van der Waals surface area contributed by atoms with Gasteiger partial charge in [0.25, 0.3) is 0 Å². The summed E-state index contributed by atoms with van der Waals surface area (Å²) >= 11 is 3.61. The molecular formula is C9H16N2S2. The molecule has 4 heteroatoms.